The summed E-state index contributed by atoms with van der Waals surface area (Å²) in [6.07, 6.45) is 4.38. The van der Waals surface area contributed by atoms with Gasteiger partial charge in [0.2, 0.25) is 11.8 Å². The first kappa shape index (κ1) is 22.0. The van der Waals surface area contributed by atoms with Crippen LogP contribution in [-0.4, -0.2) is 35.3 Å². The SMILES string of the molecule is COc1cc(OC)c(F)c(COc2cnc(Nc3ccc(OC(C)C)nc3)nc2)c1F. The van der Waals surface area contributed by atoms with E-state index in [-0.39, 0.29) is 28.9 Å². The van der Waals surface area contributed by atoms with E-state index in [2.05, 4.69) is 20.3 Å². The van der Waals surface area contributed by atoms with Gasteiger partial charge < -0.3 is 24.3 Å². The molecule has 0 atom stereocenters. The van der Waals surface area contributed by atoms with E-state index >= 15 is 0 Å². The molecule has 0 radical (unpaired) electrons. The van der Waals surface area contributed by atoms with Gasteiger partial charge in [0.1, 0.15) is 6.61 Å². The van der Waals surface area contributed by atoms with Crippen molar-refractivity contribution in [1.82, 2.24) is 15.0 Å². The molecule has 1 aromatic carbocycles. The Morgan fingerprint density at radius 2 is 1.58 bits per heavy atom. The van der Waals surface area contributed by atoms with Gasteiger partial charge in [-0.05, 0) is 19.9 Å². The minimum Gasteiger partial charge on any atom is -0.494 e. The molecule has 0 saturated heterocycles. The highest BCUT2D eigenvalue weighted by atomic mass is 19.1. The second kappa shape index (κ2) is 9.88. The van der Waals surface area contributed by atoms with Crippen LogP contribution in [0.5, 0.6) is 23.1 Å². The fourth-order valence-electron chi connectivity index (χ4n) is 2.57. The summed E-state index contributed by atoms with van der Waals surface area (Å²) in [5, 5.41) is 2.98. The largest absolute Gasteiger partial charge is 0.494 e. The van der Waals surface area contributed by atoms with Gasteiger partial charge in [-0.1, -0.05) is 0 Å². The normalized spacial score (nSPS) is 10.7. The predicted molar refractivity (Wildman–Crippen MR) is 109 cm³/mol. The molecule has 0 aliphatic heterocycles. The van der Waals surface area contributed by atoms with E-state index < -0.39 is 18.2 Å². The van der Waals surface area contributed by atoms with Crippen molar-refractivity contribution in [3.8, 4) is 23.1 Å². The summed E-state index contributed by atoms with van der Waals surface area (Å²) in [4.78, 5) is 12.4. The molecule has 0 spiro atoms. The summed E-state index contributed by atoms with van der Waals surface area (Å²) >= 11 is 0. The van der Waals surface area contributed by atoms with Gasteiger partial charge in [0.15, 0.2) is 28.9 Å². The molecule has 8 nitrogen and oxygen atoms in total. The fourth-order valence-corrected chi connectivity index (χ4v) is 2.57. The molecule has 2 heterocycles. The van der Waals surface area contributed by atoms with Crippen LogP contribution in [0.2, 0.25) is 0 Å². The number of rotatable bonds is 9. The van der Waals surface area contributed by atoms with Gasteiger partial charge in [0.25, 0.3) is 0 Å². The maximum Gasteiger partial charge on any atom is 0.227 e. The molecule has 31 heavy (non-hydrogen) atoms. The van der Waals surface area contributed by atoms with Crippen LogP contribution in [-0.2, 0) is 6.61 Å². The first-order valence-corrected chi connectivity index (χ1v) is 9.34. The van der Waals surface area contributed by atoms with E-state index in [0.29, 0.717) is 17.5 Å². The van der Waals surface area contributed by atoms with Crippen LogP contribution in [0.15, 0.2) is 36.8 Å². The van der Waals surface area contributed by atoms with Crippen molar-refractivity contribution in [2.45, 2.75) is 26.6 Å². The molecule has 0 amide bonds. The molecule has 0 aliphatic carbocycles. The Kier molecular flexibility index (Phi) is 7.01. The summed E-state index contributed by atoms with van der Waals surface area (Å²) in [6.45, 7) is 3.43. The Bertz CT molecular complexity index is 987. The van der Waals surface area contributed by atoms with Crippen LogP contribution in [0.4, 0.5) is 20.4 Å². The Hall–Kier alpha value is -3.69. The van der Waals surface area contributed by atoms with Crippen LogP contribution in [0, 0.1) is 11.6 Å². The van der Waals surface area contributed by atoms with Crippen LogP contribution in [0.25, 0.3) is 0 Å². The molecule has 0 aliphatic rings. The van der Waals surface area contributed by atoms with E-state index in [9.17, 15) is 8.78 Å². The highest BCUT2D eigenvalue weighted by Gasteiger charge is 2.20. The zero-order chi connectivity index (χ0) is 22.4. The molecule has 0 fully saturated rings. The quantitative estimate of drug-likeness (QED) is 0.536. The lowest BCUT2D eigenvalue weighted by Gasteiger charge is -2.13. The Morgan fingerprint density at radius 3 is 2.10 bits per heavy atom. The van der Waals surface area contributed by atoms with E-state index in [0.717, 1.165) is 6.07 Å². The van der Waals surface area contributed by atoms with Crippen LogP contribution in [0.1, 0.15) is 19.4 Å². The zero-order valence-electron chi connectivity index (χ0n) is 17.5. The van der Waals surface area contributed by atoms with Crippen molar-refractivity contribution in [2.75, 3.05) is 19.5 Å². The number of nitrogens with one attached hydrogen (secondary N) is 1. The first-order valence-electron chi connectivity index (χ1n) is 9.34. The number of pyridine rings is 1. The number of ether oxygens (including phenoxy) is 4. The second-order valence-corrected chi connectivity index (χ2v) is 6.60. The molecule has 164 valence electrons. The minimum absolute atomic E-state index is 0.0298. The molecule has 3 aromatic rings. The molecular weight excluding hydrogens is 410 g/mol. The molecule has 10 heteroatoms. The van der Waals surface area contributed by atoms with Gasteiger partial charge in [0, 0.05) is 12.1 Å². The first-order chi connectivity index (χ1) is 14.9. The third-order valence-corrected chi connectivity index (χ3v) is 4.02. The second-order valence-electron chi connectivity index (χ2n) is 6.60. The molecule has 3 rings (SSSR count). The lowest BCUT2D eigenvalue weighted by atomic mass is 10.1. The van der Waals surface area contributed by atoms with E-state index in [1.54, 1.807) is 18.3 Å². The Morgan fingerprint density at radius 1 is 0.935 bits per heavy atom. The zero-order valence-corrected chi connectivity index (χ0v) is 17.5. The van der Waals surface area contributed by atoms with Gasteiger partial charge in [-0.15, -0.1) is 0 Å². The van der Waals surface area contributed by atoms with Crippen molar-refractivity contribution in [1.29, 1.82) is 0 Å². The number of nitrogens with zero attached hydrogens (tertiary/aromatic N) is 3. The topological polar surface area (TPSA) is 87.6 Å². The lowest BCUT2D eigenvalue weighted by Crippen LogP contribution is -2.07. The van der Waals surface area contributed by atoms with Gasteiger partial charge in [-0.25, -0.2) is 23.7 Å². The lowest BCUT2D eigenvalue weighted by molar-refractivity contribution is 0.232. The van der Waals surface area contributed by atoms with E-state index in [1.807, 2.05) is 13.8 Å². The summed E-state index contributed by atoms with van der Waals surface area (Å²) in [7, 11) is 2.56. The van der Waals surface area contributed by atoms with Gasteiger partial charge in [-0.2, -0.15) is 0 Å². The average molecular weight is 432 g/mol. The van der Waals surface area contributed by atoms with Crippen LogP contribution >= 0.6 is 0 Å². The number of halogens is 2. The molecule has 1 N–H and O–H groups in total. The molecule has 0 saturated carbocycles. The highest BCUT2D eigenvalue weighted by molar-refractivity contribution is 5.52. The summed E-state index contributed by atoms with van der Waals surface area (Å²) in [6, 6.07) is 4.64. The van der Waals surface area contributed by atoms with Crippen molar-refractivity contribution < 1.29 is 27.7 Å². The Balaban J connectivity index is 1.65. The smallest absolute Gasteiger partial charge is 0.227 e. The maximum atomic E-state index is 14.4. The van der Waals surface area contributed by atoms with Gasteiger partial charge in [-0.3, -0.25) is 0 Å². The molecule has 2 aromatic heterocycles. The summed E-state index contributed by atoms with van der Waals surface area (Å²) < 4.78 is 49.5. The van der Waals surface area contributed by atoms with Crippen molar-refractivity contribution in [2.24, 2.45) is 0 Å². The standard InChI is InChI=1S/C21H22F2N4O4/c1-12(2)31-18-6-5-13(8-24-18)27-21-25-9-14(10-26-21)30-11-15-19(22)16(28-3)7-17(29-4)20(15)23/h5-10,12H,11H2,1-4H3,(H,25,26,27). The average Bonchev–Trinajstić information content (AvgIpc) is 2.76. The van der Waals surface area contributed by atoms with Crippen molar-refractivity contribution in [3.05, 3.63) is 54.0 Å². The van der Waals surface area contributed by atoms with Gasteiger partial charge in [0.05, 0.1) is 50.2 Å². The molecule has 0 unspecified atom stereocenters. The van der Waals surface area contributed by atoms with Crippen LogP contribution < -0.4 is 24.3 Å². The number of benzene rings is 1. The summed E-state index contributed by atoms with van der Waals surface area (Å²) in [5.41, 5.74) is 0.338. The van der Waals surface area contributed by atoms with Crippen molar-refractivity contribution in [3.63, 3.8) is 0 Å². The fraction of sp³-hybridized carbons (Fsp3) is 0.286. The predicted octanol–water partition coefficient (Wildman–Crippen LogP) is 4.28. The van der Waals surface area contributed by atoms with E-state index in [1.165, 1.54) is 26.6 Å². The molecular formula is C21H22F2N4O4. The Labute approximate surface area is 178 Å². The van der Waals surface area contributed by atoms with Gasteiger partial charge >= 0.3 is 0 Å². The molecule has 0 bridgehead atoms. The van der Waals surface area contributed by atoms with E-state index in [4.69, 9.17) is 18.9 Å². The monoisotopic (exact) mass is 432 g/mol. The van der Waals surface area contributed by atoms with Crippen LogP contribution in [0.3, 0.4) is 0 Å². The maximum absolute atomic E-state index is 14.4. The number of aromatic nitrogens is 3. The number of methoxy groups -OCH3 is 2. The third kappa shape index (κ3) is 5.47. The van der Waals surface area contributed by atoms with Crippen molar-refractivity contribution >= 4 is 11.6 Å². The summed E-state index contributed by atoms with van der Waals surface area (Å²) in [5.74, 6) is -0.983. The third-order valence-electron chi connectivity index (χ3n) is 4.02. The highest BCUT2D eigenvalue weighted by Crippen LogP contribution is 2.32. The number of hydrogen-bond donors (Lipinski definition) is 1. The number of anilines is 2. The minimum atomic E-state index is -0.864. The number of hydrogen-bond acceptors (Lipinski definition) is 8.